The number of nitrogens with one attached hydrogen (secondary N) is 1. The molecule has 3 rings (SSSR count). The second-order valence-electron chi connectivity index (χ2n) is 5.40. The molecule has 0 radical (unpaired) electrons. The molecular weight excluding hydrogens is 323 g/mol. The van der Waals surface area contributed by atoms with Crippen molar-refractivity contribution in [3.8, 4) is 17.0 Å². The Kier molecular flexibility index (Phi) is 5.09. The van der Waals surface area contributed by atoms with Gasteiger partial charge in [-0.25, -0.2) is 4.39 Å². The minimum atomic E-state index is -0.726. The van der Waals surface area contributed by atoms with Crippen LogP contribution in [0.2, 0.25) is 0 Å². The Balaban J connectivity index is 1.66. The number of carbonyl (C=O) groups excluding carboxylic acids is 1. The van der Waals surface area contributed by atoms with Crippen LogP contribution < -0.4 is 10.1 Å². The number of amides is 1. The fourth-order valence-electron chi connectivity index (χ4n) is 2.28. The molecule has 3 aromatic rings. The van der Waals surface area contributed by atoms with Gasteiger partial charge in [-0.05, 0) is 30.7 Å². The molecule has 0 spiro atoms. The van der Waals surface area contributed by atoms with E-state index < -0.39 is 6.10 Å². The van der Waals surface area contributed by atoms with E-state index in [1.165, 1.54) is 24.3 Å². The van der Waals surface area contributed by atoms with E-state index in [1.807, 2.05) is 37.3 Å². The third kappa shape index (κ3) is 4.23. The van der Waals surface area contributed by atoms with E-state index in [-0.39, 0.29) is 17.6 Å². The first-order valence-electron chi connectivity index (χ1n) is 7.91. The molecule has 6 heteroatoms. The highest BCUT2D eigenvalue weighted by molar-refractivity contribution is 5.93. The SMILES string of the molecule is CCC(Oc1ccc(F)cc1)C(=O)Nc1cc(-c2ccccc2)no1. The number of rotatable bonds is 6. The van der Waals surface area contributed by atoms with Crippen LogP contribution in [0.1, 0.15) is 13.3 Å². The molecular formula is C19H17FN2O3. The van der Waals surface area contributed by atoms with Crippen molar-refractivity contribution < 1.29 is 18.4 Å². The van der Waals surface area contributed by atoms with Crippen molar-refractivity contribution in [1.82, 2.24) is 5.16 Å². The molecule has 1 amide bonds. The van der Waals surface area contributed by atoms with Crippen molar-refractivity contribution >= 4 is 11.8 Å². The van der Waals surface area contributed by atoms with E-state index >= 15 is 0 Å². The maximum absolute atomic E-state index is 12.9. The summed E-state index contributed by atoms with van der Waals surface area (Å²) in [5.74, 6) is -0.0570. The highest BCUT2D eigenvalue weighted by atomic mass is 19.1. The van der Waals surface area contributed by atoms with E-state index in [4.69, 9.17) is 9.26 Å². The van der Waals surface area contributed by atoms with Gasteiger partial charge in [0.15, 0.2) is 6.10 Å². The average Bonchev–Trinajstić information content (AvgIpc) is 3.10. The van der Waals surface area contributed by atoms with Gasteiger partial charge in [0.1, 0.15) is 17.3 Å². The summed E-state index contributed by atoms with van der Waals surface area (Å²) in [7, 11) is 0. The fraction of sp³-hybridized carbons (Fsp3) is 0.158. The number of ether oxygens (including phenoxy) is 1. The van der Waals surface area contributed by atoms with E-state index in [9.17, 15) is 9.18 Å². The number of nitrogens with zero attached hydrogens (tertiary/aromatic N) is 1. The number of halogens is 1. The normalized spacial score (nSPS) is 11.8. The summed E-state index contributed by atoms with van der Waals surface area (Å²) in [6.07, 6.45) is -0.279. The molecule has 1 atom stereocenters. The van der Waals surface area contributed by atoms with Gasteiger partial charge in [0.2, 0.25) is 5.88 Å². The number of anilines is 1. The van der Waals surface area contributed by atoms with Gasteiger partial charge in [-0.15, -0.1) is 0 Å². The third-order valence-corrected chi connectivity index (χ3v) is 3.58. The molecule has 0 fully saturated rings. The van der Waals surface area contributed by atoms with Crippen LogP contribution in [0.3, 0.4) is 0 Å². The smallest absolute Gasteiger partial charge is 0.267 e. The van der Waals surface area contributed by atoms with Crippen molar-refractivity contribution in [1.29, 1.82) is 0 Å². The Bertz CT molecular complexity index is 831. The molecule has 5 nitrogen and oxygen atoms in total. The van der Waals surface area contributed by atoms with Gasteiger partial charge in [0.25, 0.3) is 5.91 Å². The van der Waals surface area contributed by atoms with Gasteiger partial charge in [0, 0.05) is 11.6 Å². The van der Waals surface area contributed by atoms with Gasteiger partial charge >= 0.3 is 0 Å². The van der Waals surface area contributed by atoms with E-state index in [0.29, 0.717) is 17.9 Å². The van der Waals surface area contributed by atoms with E-state index in [1.54, 1.807) is 6.07 Å². The molecule has 0 aliphatic rings. The van der Waals surface area contributed by atoms with Crippen LogP contribution in [-0.2, 0) is 4.79 Å². The predicted molar refractivity (Wildman–Crippen MR) is 91.7 cm³/mol. The van der Waals surface area contributed by atoms with Crippen molar-refractivity contribution in [2.45, 2.75) is 19.4 Å². The molecule has 0 saturated heterocycles. The van der Waals surface area contributed by atoms with Gasteiger partial charge in [-0.2, -0.15) is 0 Å². The number of hydrogen-bond acceptors (Lipinski definition) is 4. The standard InChI is InChI=1S/C19H17FN2O3/c1-2-17(24-15-10-8-14(20)9-11-15)19(23)21-18-12-16(22-25-18)13-6-4-3-5-7-13/h3-12,17H,2H2,1H3,(H,21,23). The predicted octanol–water partition coefficient (Wildman–Crippen LogP) is 4.28. The zero-order valence-corrected chi connectivity index (χ0v) is 13.6. The lowest BCUT2D eigenvalue weighted by Gasteiger charge is -2.16. The number of hydrogen-bond donors (Lipinski definition) is 1. The van der Waals surface area contributed by atoms with Crippen LogP contribution in [0.25, 0.3) is 11.3 Å². The largest absolute Gasteiger partial charge is 0.481 e. The molecule has 0 aliphatic carbocycles. The number of benzene rings is 2. The minimum Gasteiger partial charge on any atom is -0.481 e. The summed E-state index contributed by atoms with van der Waals surface area (Å²) in [4.78, 5) is 12.4. The maximum Gasteiger partial charge on any atom is 0.267 e. The monoisotopic (exact) mass is 340 g/mol. The summed E-state index contributed by atoms with van der Waals surface area (Å²) in [6.45, 7) is 1.82. The fourth-order valence-corrected chi connectivity index (χ4v) is 2.28. The number of carbonyl (C=O) groups is 1. The highest BCUT2D eigenvalue weighted by Crippen LogP contribution is 2.22. The molecule has 25 heavy (non-hydrogen) atoms. The van der Waals surface area contributed by atoms with Crippen LogP contribution in [0.4, 0.5) is 10.3 Å². The van der Waals surface area contributed by atoms with Crippen LogP contribution in [0.5, 0.6) is 5.75 Å². The molecule has 1 heterocycles. The molecule has 1 N–H and O–H groups in total. The Morgan fingerprint density at radius 1 is 1.20 bits per heavy atom. The minimum absolute atomic E-state index is 0.241. The quantitative estimate of drug-likeness (QED) is 0.727. The Morgan fingerprint density at radius 3 is 2.60 bits per heavy atom. The molecule has 1 unspecified atom stereocenters. The lowest BCUT2D eigenvalue weighted by Crippen LogP contribution is -2.32. The van der Waals surface area contributed by atoms with Crippen LogP contribution in [-0.4, -0.2) is 17.2 Å². The van der Waals surface area contributed by atoms with Crippen molar-refractivity contribution in [2.24, 2.45) is 0 Å². The van der Waals surface area contributed by atoms with E-state index in [0.717, 1.165) is 5.56 Å². The average molecular weight is 340 g/mol. The third-order valence-electron chi connectivity index (χ3n) is 3.58. The zero-order valence-electron chi connectivity index (χ0n) is 13.6. The molecule has 1 aromatic heterocycles. The summed E-state index contributed by atoms with van der Waals surface area (Å²) >= 11 is 0. The summed E-state index contributed by atoms with van der Waals surface area (Å²) in [5.41, 5.74) is 1.52. The maximum atomic E-state index is 12.9. The summed E-state index contributed by atoms with van der Waals surface area (Å²) in [5, 5.41) is 6.59. The van der Waals surface area contributed by atoms with Crippen LogP contribution in [0, 0.1) is 5.82 Å². The first-order valence-corrected chi connectivity index (χ1v) is 7.91. The van der Waals surface area contributed by atoms with Crippen molar-refractivity contribution in [2.75, 3.05) is 5.32 Å². The first-order chi connectivity index (χ1) is 12.2. The molecule has 128 valence electrons. The van der Waals surface area contributed by atoms with Gasteiger partial charge in [0.05, 0.1) is 0 Å². The number of aromatic nitrogens is 1. The molecule has 2 aromatic carbocycles. The summed E-state index contributed by atoms with van der Waals surface area (Å²) in [6, 6.07) is 16.7. The molecule has 0 bridgehead atoms. The second-order valence-corrected chi connectivity index (χ2v) is 5.40. The Labute approximate surface area is 144 Å². The zero-order chi connectivity index (χ0) is 17.6. The topological polar surface area (TPSA) is 64.4 Å². The highest BCUT2D eigenvalue weighted by Gasteiger charge is 2.20. The lowest BCUT2D eigenvalue weighted by molar-refractivity contribution is -0.123. The Morgan fingerprint density at radius 2 is 1.92 bits per heavy atom. The first kappa shape index (κ1) is 16.7. The van der Waals surface area contributed by atoms with Gasteiger partial charge in [-0.3, -0.25) is 10.1 Å². The second kappa shape index (κ2) is 7.61. The van der Waals surface area contributed by atoms with E-state index in [2.05, 4.69) is 10.5 Å². The Hall–Kier alpha value is -3.15. The van der Waals surface area contributed by atoms with Gasteiger partial charge in [-0.1, -0.05) is 42.4 Å². The van der Waals surface area contributed by atoms with Crippen molar-refractivity contribution in [3.05, 3.63) is 66.5 Å². The van der Waals surface area contributed by atoms with Gasteiger partial charge < -0.3 is 9.26 Å². The van der Waals surface area contributed by atoms with Crippen molar-refractivity contribution in [3.63, 3.8) is 0 Å². The van der Waals surface area contributed by atoms with Crippen LogP contribution >= 0.6 is 0 Å². The molecule has 0 saturated carbocycles. The molecule has 0 aliphatic heterocycles. The van der Waals surface area contributed by atoms with Crippen LogP contribution in [0.15, 0.2) is 65.2 Å². The lowest BCUT2D eigenvalue weighted by atomic mass is 10.1. The summed E-state index contributed by atoms with van der Waals surface area (Å²) < 4.78 is 23.7.